The molecule has 0 N–H and O–H groups in total. The molecule has 0 radical (unpaired) electrons. The fourth-order valence-electron chi connectivity index (χ4n) is 0.0630. The summed E-state index contributed by atoms with van der Waals surface area (Å²) in [5, 5.41) is 6.85. The van der Waals surface area contributed by atoms with Crippen LogP contribution in [0.2, 0.25) is 0 Å². The van der Waals surface area contributed by atoms with Crippen LogP contribution in [0.1, 0.15) is 6.92 Å². The first-order chi connectivity index (χ1) is 3.48. The molecular formula is C3H4ClNO2S. The Hall–Kier alpha value is -0.270. The minimum atomic E-state index is -3.64. The van der Waals surface area contributed by atoms with Crippen LogP contribution in [0.5, 0.6) is 0 Å². The molecular weight excluding hydrogens is 150 g/mol. The fraction of sp³-hybridized carbons (Fsp3) is 0.667. The van der Waals surface area contributed by atoms with E-state index in [-0.39, 0.29) is 0 Å². The Bertz CT molecular complexity index is 202. The first-order valence-electron chi connectivity index (χ1n) is 1.81. The molecule has 0 heterocycles. The lowest BCUT2D eigenvalue weighted by atomic mass is 10.5. The predicted octanol–water partition coefficient (Wildman–Crippen LogP) is 0.467. The van der Waals surface area contributed by atoms with Gasteiger partial charge in [-0.25, -0.2) is 8.42 Å². The van der Waals surface area contributed by atoms with Crippen molar-refractivity contribution in [3.8, 4) is 6.07 Å². The van der Waals surface area contributed by atoms with Gasteiger partial charge >= 0.3 is 0 Å². The molecule has 0 unspecified atom stereocenters. The lowest BCUT2D eigenvalue weighted by molar-refractivity contribution is 0.606. The Morgan fingerprint density at radius 1 is 1.75 bits per heavy atom. The molecule has 0 amide bonds. The summed E-state index contributed by atoms with van der Waals surface area (Å²) < 4.78 is 20.2. The summed E-state index contributed by atoms with van der Waals surface area (Å²) >= 11 is 0. The summed E-state index contributed by atoms with van der Waals surface area (Å²) in [6.07, 6.45) is 0. The van der Waals surface area contributed by atoms with Crippen LogP contribution in [-0.4, -0.2) is 13.7 Å². The van der Waals surface area contributed by atoms with Crippen molar-refractivity contribution in [1.29, 1.82) is 5.26 Å². The summed E-state index contributed by atoms with van der Waals surface area (Å²) in [7, 11) is 1.09. The Morgan fingerprint density at radius 3 is 2.12 bits per heavy atom. The number of nitrogens with zero attached hydrogens (tertiary/aromatic N) is 1. The largest absolute Gasteiger partial charge is 0.248 e. The maximum atomic E-state index is 10.1. The van der Waals surface area contributed by atoms with Crippen molar-refractivity contribution in [3.05, 3.63) is 0 Å². The van der Waals surface area contributed by atoms with E-state index in [1.54, 1.807) is 0 Å². The quantitative estimate of drug-likeness (QED) is 0.515. The molecule has 1 atom stereocenters. The van der Waals surface area contributed by atoms with Gasteiger partial charge in [0.1, 0.15) is 0 Å². The van der Waals surface area contributed by atoms with Crippen LogP contribution in [0.4, 0.5) is 0 Å². The third-order valence-electron chi connectivity index (χ3n) is 0.604. The third-order valence-corrected chi connectivity index (χ3v) is 2.36. The van der Waals surface area contributed by atoms with Gasteiger partial charge in [0.05, 0.1) is 6.07 Å². The van der Waals surface area contributed by atoms with Gasteiger partial charge in [0, 0.05) is 10.7 Å². The maximum absolute atomic E-state index is 10.1. The molecule has 3 nitrogen and oxygen atoms in total. The third kappa shape index (κ3) is 2.15. The van der Waals surface area contributed by atoms with Gasteiger partial charge in [0.25, 0.3) is 0 Å². The van der Waals surface area contributed by atoms with Crippen molar-refractivity contribution in [3.63, 3.8) is 0 Å². The molecule has 0 rings (SSSR count). The summed E-state index contributed by atoms with van der Waals surface area (Å²) in [5.41, 5.74) is 0. The zero-order valence-electron chi connectivity index (χ0n) is 4.13. The van der Waals surface area contributed by atoms with E-state index >= 15 is 0 Å². The van der Waals surface area contributed by atoms with E-state index in [9.17, 15) is 8.42 Å². The van der Waals surface area contributed by atoms with Crippen LogP contribution in [-0.2, 0) is 9.05 Å². The van der Waals surface area contributed by atoms with E-state index in [1.807, 2.05) is 0 Å². The van der Waals surface area contributed by atoms with Gasteiger partial charge in [0.15, 0.2) is 5.25 Å². The number of rotatable bonds is 1. The molecule has 0 saturated carbocycles. The average Bonchev–Trinajstić information content (AvgIpc) is 1.62. The SMILES string of the molecule is C[C@@H](C#N)S(=O)(=O)Cl. The van der Waals surface area contributed by atoms with Gasteiger partial charge in [-0.3, -0.25) is 0 Å². The van der Waals surface area contributed by atoms with E-state index < -0.39 is 14.3 Å². The van der Waals surface area contributed by atoms with Gasteiger partial charge in [-0.15, -0.1) is 0 Å². The molecule has 46 valence electrons. The Morgan fingerprint density at radius 2 is 2.12 bits per heavy atom. The molecule has 0 fully saturated rings. The molecule has 0 bridgehead atoms. The molecule has 8 heavy (non-hydrogen) atoms. The summed E-state index contributed by atoms with van der Waals surface area (Å²) in [4.78, 5) is 0. The number of hydrogen-bond donors (Lipinski definition) is 0. The number of nitriles is 1. The molecule has 0 spiro atoms. The van der Waals surface area contributed by atoms with Crippen molar-refractivity contribution >= 4 is 19.7 Å². The zero-order valence-corrected chi connectivity index (χ0v) is 5.70. The smallest absolute Gasteiger partial charge is 0.211 e. The van der Waals surface area contributed by atoms with Gasteiger partial charge in [-0.1, -0.05) is 0 Å². The van der Waals surface area contributed by atoms with Crippen molar-refractivity contribution in [2.24, 2.45) is 0 Å². The van der Waals surface area contributed by atoms with Crippen LogP contribution in [0.3, 0.4) is 0 Å². The van der Waals surface area contributed by atoms with E-state index in [0.717, 1.165) is 0 Å². The first kappa shape index (κ1) is 7.73. The van der Waals surface area contributed by atoms with Crippen molar-refractivity contribution < 1.29 is 8.42 Å². The van der Waals surface area contributed by atoms with Crippen molar-refractivity contribution in [1.82, 2.24) is 0 Å². The minimum absolute atomic E-state index is 1.11. The van der Waals surface area contributed by atoms with Crippen LogP contribution in [0, 0.1) is 11.3 Å². The molecule has 0 aliphatic rings. The zero-order chi connectivity index (χ0) is 6.78. The Labute approximate surface area is 52.3 Å². The second-order valence-electron chi connectivity index (χ2n) is 1.25. The van der Waals surface area contributed by atoms with Crippen molar-refractivity contribution in [2.75, 3.05) is 0 Å². The van der Waals surface area contributed by atoms with Crippen LogP contribution >= 0.6 is 10.7 Å². The molecule has 0 aromatic rings. The molecule has 0 aromatic carbocycles. The lowest BCUT2D eigenvalue weighted by Gasteiger charge is -1.90. The van der Waals surface area contributed by atoms with E-state index in [1.165, 1.54) is 13.0 Å². The van der Waals surface area contributed by atoms with Gasteiger partial charge in [0.2, 0.25) is 9.05 Å². The second kappa shape index (κ2) is 2.33. The Balaban J connectivity index is 4.34. The summed E-state index contributed by atoms with van der Waals surface area (Å²) in [6.45, 7) is 1.22. The molecule has 5 heteroatoms. The number of hydrogen-bond acceptors (Lipinski definition) is 3. The van der Waals surface area contributed by atoms with Crippen molar-refractivity contribution in [2.45, 2.75) is 12.2 Å². The van der Waals surface area contributed by atoms with E-state index in [0.29, 0.717) is 0 Å². The van der Waals surface area contributed by atoms with Gasteiger partial charge < -0.3 is 0 Å². The van der Waals surface area contributed by atoms with Crippen LogP contribution in [0.25, 0.3) is 0 Å². The summed E-state index contributed by atoms with van der Waals surface area (Å²) in [5.74, 6) is 0. The highest BCUT2D eigenvalue weighted by molar-refractivity contribution is 8.14. The monoisotopic (exact) mass is 153 g/mol. The highest BCUT2D eigenvalue weighted by Gasteiger charge is 2.15. The Kier molecular flexibility index (Phi) is 2.26. The normalized spacial score (nSPS) is 14.6. The lowest BCUT2D eigenvalue weighted by Crippen LogP contribution is -2.07. The highest BCUT2D eigenvalue weighted by Crippen LogP contribution is 2.03. The number of halogens is 1. The van der Waals surface area contributed by atoms with Gasteiger partial charge in [-0.05, 0) is 6.92 Å². The molecule has 0 aliphatic carbocycles. The second-order valence-corrected chi connectivity index (χ2v) is 4.20. The van der Waals surface area contributed by atoms with Crippen LogP contribution in [0.15, 0.2) is 0 Å². The molecule has 0 saturated heterocycles. The standard InChI is InChI=1S/C3H4ClNO2S/c1-3(2-5)8(4,6)7/h3H,1H3/t3-/m0/s1. The van der Waals surface area contributed by atoms with E-state index in [2.05, 4.69) is 0 Å². The topological polar surface area (TPSA) is 57.9 Å². The highest BCUT2D eigenvalue weighted by atomic mass is 35.7. The molecule has 0 aromatic heterocycles. The maximum Gasteiger partial charge on any atom is 0.248 e. The average molecular weight is 154 g/mol. The predicted molar refractivity (Wildman–Crippen MR) is 29.8 cm³/mol. The minimum Gasteiger partial charge on any atom is -0.211 e. The summed E-state index contributed by atoms with van der Waals surface area (Å²) in [6, 6.07) is 1.48. The first-order valence-corrected chi connectivity index (χ1v) is 4.19. The van der Waals surface area contributed by atoms with E-state index in [4.69, 9.17) is 15.9 Å². The van der Waals surface area contributed by atoms with Gasteiger partial charge in [-0.2, -0.15) is 5.26 Å². The fourth-order valence-corrected chi connectivity index (χ4v) is 0.308. The van der Waals surface area contributed by atoms with Crippen LogP contribution < -0.4 is 0 Å². The molecule has 0 aliphatic heterocycles.